The smallest absolute Gasteiger partial charge is 0.363 e. The Balaban J connectivity index is 1.57. The minimum Gasteiger partial charge on any atom is -0.490 e. The zero-order valence-electron chi connectivity index (χ0n) is 18.1. The summed E-state index contributed by atoms with van der Waals surface area (Å²) in [5, 5.41) is 0. The fraction of sp³-hybridized carbons (Fsp3) is 0.154. The Bertz CT molecular complexity index is 1270. The second-order valence-electron chi connectivity index (χ2n) is 7.32. The van der Waals surface area contributed by atoms with Gasteiger partial charge in [0.2, 0.25) is 5.90 Å². The highest BCUT2D eigenvalue weighted by Crippen LogP contribution is 2.31. The first kappa shape index (κ1) is 23.7. The predicted octanol–water partition coefficient (Wildman–Crippen LogP) is 6.53. The van der Waals surface area contributed by atoms with Gasteiger partial charge in [-0.25, -0.2) is 9.79 Å². The molecule has 0 amide bonds. The molecule has 0 N–H and O–H groups in total. The zero-order valence-corrected chi connectivity index (χ0v) is 22.4. The third-order valence-electron chi connectivity index (χ3n) is 4.94. The van der Waals surface area contributed by atoms with E-state index < -0.39 is 5.97 Å². The molecule has 3 aromatic rings. The Morgan fingerprint density at radius 2 is 1.79 bits per heavy atom. The van der Waals surface area contributed by atoms with Gasteiger partial charge in [0.15, 0.2) is 17.2 Å². The summed E-state index contributed by atoms with van der Waals surface area (Å²) in [6.07, 6.45) is 1.70. The Labute approximate surface area is 220 Å². The highest BCUT2D eigenvalue weighted by molar-refractivity contribution is 14.1. The monoisotopic (exact) mass is 665 g/mol. The summed E-state index contributed by atoms with van der Waals surface area (Å²) in [5.74, 6) is 1.10. The Morgan fingerprint density at radius 3 is 2.55 bits per heavy atom. The topological polar surface area (TPSA) is 57.1 Å². The fourth-order valence-corrected chi connectivity index (χ4v) is 4.12. The standard InChI is InChI=1S/C26H21I2NO4/c1-3-31-24-14-17(8-11-23(24)32-15-19-6-4-5-7-21(19)28)13-22-26(30)33-25(29-22)18-9-10-20(27)16(2)12-18/h4-14H,3,15H2,1-2H3/b22-13-. The number of esters is 1. The third kappa shape index (κ3) is 5.75. The molecule has 0 aromatic heterocycles. The van der Waals surface area contributed by atoms with Crippen LogP contribution in [0.3, 0.4) is 0 Å². The molecular weight excluding hydrogens is 644 g/mol. The highest BCUT2D eigenvalue weighted by Gasteiger charge is 2.24. The molecule has 168 valence electrons. The van der Waals surface area contributed by atoms with Crippen LogP contribution in [0.5, 0.6) is 11.5 Å². The van der Waals surface area contributed by atoms with Gasteiger partial charge in [0.1, 0.15) is 6.61 Å². The van der Waals surface area contributed by atoms with Gasteiger partial charge in [-0.15, -0.1) is 0 Å². The minimum absolute atomic E-state index is 0.246. The van der Waals surface area contributed by atoms with Crippen LogP contribution in [0.2, 0.25) is 0 Å². The summed E-state index contributed by atoms with van der Waals surface area (Å²) in [4.78, 5) is 16.8. The maximum absolute atomic E-state index is 12.4. The van der Waals surface area contributed by atoms with Crippen molar-refractivity contribution in [2.24, 2.45) is 4.99 Å². The summed E-state index contributed by atoms with van der Waals surface area (Å²) in [6.45, 7) is 4.87. The largest absolute Gasteiger partial charge is 0.490 e. The summed E-state index contributed by atoms with van der Waals surface area (Å²) >= 11 is 4.57. The van der Waals surface area contributed by atoms with E-state index in [9.17, 15) is 4.79 Å². The third-order valence-corrected chi connectivity index (χ3v) is 7.20. The van der Waals surface area contributed by atoms with Crippen LogP contribution in [0.4, 0.5) is 0 Å². The highest BCUT2D eigenvalue weighted by atomic mass is 127. The van der Waals surface area contributed by atoms with Crippen molar-refractivity contribution in [3.8, 4) is 11.5 Å². The molecule has 0 saturated heterocycles. The number of rotatable bonds is 7. The van der Waals surface area contributed by atoms with Crippen LogP contribution in [0.1, 0.15) is 29.2 Å². The van der Waals surface area contributed by atoms with Crippen LogP contribution in [-0.2, 0) is 16.1 Å². The van der Waals surface area contributed by atoms with Gasteiger partial charge in [-0.3, -0.25) is 0 Å². The number of nitrogens with zero attached hydrogens (tertiary/aromatic N) is 1. The van der Waals surface area contributed by atoms with Crippen molar-refractivity contribution < 1.29 is 19.0 Å². The molecule has 5 nitrogen and oxygen atoms in total. The molecule has 0 bridgehead atoms. The lowest BCUT2D eigenvalue weighted by atomic mass is 10.1. The van der Waals surface area contributed by atoms with Crippen molar-refractivity contribution in [2.75, 3.05) is 6.61 Å². The van der Waals surface area contributed by atoms with Crippen molar-refractivity contribution in [3.63, 3.8) is 0 Å². The van der Waals surface area contributed by atoms with Crippen LogP contribution in [0, 0.1) is 14.1 Å². The average Bonchev–Trinajstić information content (AvgIpc) is 3.16. The number of halogens is 2. The van der Waals surface area contributed by atoms with Gasteiger partial charge in [0, 0.05) is 18.3 Å². The number of benzene rings is 3. The zero-order chi connectivity index (χ0) is 23.4. The molecule has 1 aliphatic heterocycles. The molecule has 3 aromatic carbocycles. The van der Waals surface area contributed by atoms with E-state index >= 15 is 0 Å². The number of hydrogen-bond acceptors (Lipinski definition) is 5. The normalized spacial score (nSPS) is 14.2. The molecule has 0 radical (unpaired) electrons. The van der Waals surface area contributed by atoms with E-state index in [0.29, 0.717) is 30.6 Å². The minimum atomic E-state index is -0.474. The van der Waals surface area contributed by atoms with Gasteiger partial charge in [-0.05, 0) is 113 Å². The molecule has 0 spiro atoms. The number of ether oxygens (including phenoxy) is 3. The second-order valence-corrected chi connectivity index (χ2v) is 9.64. The second kappa shape index (κ2) is 10.7. The summed E-state index contributed by atoms with van der Waals surface area (Å²) in [6, 6.07) is 19.5. The van der Waals surface area contributed by atoms with Crippen LogP contribution < -0.4 is 9.47 Å². The van der Waals surface area contributed by atoms with Crippen LogP contribution in [-0.4, -0.2) is 18.5 Å². The number of aliphatic imine (C=N–C) groups is 1. The number of carbonyl (C=O) groups excluding carboxylic acids is 1. The fourth-order valence-electron chi connectivity index (χ4n) is 3.24. The van der Waals surface area contributed by atoms with Gasteiger partial charge in [-0.1, -0.05) is 24.3 Å². The first-order chi connectivity index (χ1) is 15.9. The Morgan fingerprint density at radius 1 is 0.970 bits per heavy atom. The molecule has 1 aliphatic rings. The molecule has 0 fully saturated rings. The van der Waals surface area contributed by atoms with Gasteiger partial charge in [-0.2, -0.15) is 0 Å². The lowest BCUT2D eigenvalue weighted by Gasteiger charge is -2.13. The summed E-state index contributed by atoms with van der Waals surface area (Å²) in [7, 11) is 0. The molecule has 33 heavy (non-hydrogen) atoms. The number of aryl methyl sites for hydroxylation is 1. The maximum Gasteiger partial charge on any atom is 0.363 e. The first-order valence-electron chi connectivity index (χ1n) is 10.4. The van der Waals surface area contributed by atoms with E-state index in [2.05, 4.69) is 50.2 Å². The van der Waals surface area contributed by atoms with E-state index in [0.717, 1.165) is 29.4 Å². The van der Waals surface area contributed by atoms with E-state index in [4.69, 9.17) is 14.2 Å². The van der Waals surface area contributed by atoms with E-state index in [-0.39, 0.29) is 5.70 Å². The van der Waals surface area contributed by atoms with Crippen LogP contribution in [0.15, 0.2) is 71.4 Å². The quantitative estimate of drug-likeness (QED) is 0.164. The first-order valence-corrected chi connectivity index (χ1v) is 12.5. The van der Waals surface area contributed by atoms with E-state index in [1.165, 1.54) is 0 Å². The summed E-state index contributed by atoms with van der Waals surface area (Å²) in [5.41, 5.74) is 4.01. The Hall–Kier alpha value is -2.40. The van der Waals surface area contributed by atoms with Crippen LogP contribution >= 0.6 is 45.2 Å². The predicted molar refractivity (Wildman–Crippen MR) is 146 cm³/mol. The SMILES string of the molecule is CCOc1cc(/C=C2\N=C(c3ccc(I)c(C)c3)OC2=O)ccc1OCc1ccccc1I. The van der Waals surface area contributed by atoms with Crippen molar-refractivity contribution in [1.29, 1.82) is 0 Å². The summed E-state index contributed by atoms with van der Waals surface area (Å²) < 4.78 is 19.5. The van der Waals surface area contributed by atoms with Crippen molar-refractivity contribution in [3.05, 3.63) is 95.8 Å². The average molecular weight is 665 g/mol. The molecule has 0 atom stereocenters. The van der Waals surface area contributed by atoms with Gasteiger partial charge in [0.25, 0.3) is 0 Å². The number of carbonyl (C=O) groups is 1. The molecular formula is C26H21I2NO4. The van der Waals surface area contributed by atoms with Gasteiger partial charge < -0.3 is 14.2 Å². The van der Waals surface area contributed by atoms with E-state index in [1.807, 2.05) is 74.5 Å². The van der Waals surface area contributed by atoms with E-state index in [1.54, 1.807) is 6.08 Å². The Kier molecular flexibility index (Phi) is 7.69. The van der Waals surface area contributed by atoms with Gasteiger partial charge in [0.05, 0.1) is 6.61 Å². The number of cyclic esters (lactones) is 1. The lowest BCUT2D eigenvalue weighted by molar-refractivity contribution is -0.129. The molecule has 7 heteroatoms. The van der Waals surface area contributed by atoms with Crippen molar-refractivity contribution in [2.45, 2.75) is 20.5 Å². The van der Waals surface area contributed by atoms with Gasteiger partial charge >= 0.3 is 5.97 Å². The molecule has 4 rings (SSSR count). The molecule has 0 unspecified atom stereocenters. The molecule has 0 saturated carbocycles. The van der Waals surface area contributed by atoms with Crippen molar-refractivity contribution >= 4 is 63.1 Å². The van der Waals surface area contributed by atoms with Crippen molar-refractivity contribution in [1.82, 2.24) is 0 Å². The van der Waals surface area contributed by atoms with Crippen LogP contribution in [0.25, 0.3) is 6.08 Å². The molecule has 0 aliphatic carbocycles. The number of hydrogen-bond donors (Lipinski definition) is 0. The lowest BCUT2D eigenvalue weighted by Crippen LogP contribution is -2.05. The molecule has 1 heterocycles. The maximum atomic E-state index is 12.4.